The quantitative estimate of drug-likeness (QED) is 0.747. The highest BCUT2D eigenvalue weighted by Gasteiger charge is 2.10. The zero-order chi connectivity index (χ0) is 19.8. The highest BCUT2D eigenvalue weighted by atomic mass is 16.2. The Balaban J connectivity index is 1.95. The molecule has 0 spiro atoms. The number of nitrogens with one attached hydrogen (secondary N) is 2. The third kappa shape index (κ3) is 6.06. The molecule has 2 amide bonds. The van der Waals surface area contributed by atoms with Crippen molar-refractivity contribution in [3.63, 3.8) is 0 Å². The van der Waals surface area contributed by atoms with Crippen LogP contribution in [0.4, 0.5) is 5.69 Å². The molecule has 1 aromatic carbocycles. The Labute approximate surface area is 158 Å². The number of hydrogen-bond acceptors (Lipinski definition) is 4. The molecule has 0 bridgehead atoms. The minimum absolute atomic E-state index is 0.0414. The van der Waals surface area contributed by atoms with Gasteiger partial charge in [-0.1, -0.05) is 39.3 Å². The molecule has 0 aliphatic rings. The van der Waals surface area contributed by atoms with Crippen LogP contribution in [-0.2, 0) is 17.9 Å². The Bertz CT molecular complexity index is 841. The van der Waals surface area contributed by atoms with Crippen molar-refractivity contribution in [3.05, 3.63) is 58.0 Å². The minimum Gasteiger partial charge on any atom is -0.347 e. The minimum atomic E-state index is -0.336. The Morgan fingerprint density at radius 1 is 1.11 bits per heavy atom. The number of amides is 2. The molecule has 144 valence electrons. The van der Waals surface area contributed by atoms with E-state index in [1.807, 2.05) is 32.9 Å². The van der Waals surface area contributed by atoms with Crippen molar-refractivity contribution in [2.45, 2.75) is 46.7 Å². The highest BCUT2D eigenvalue weighted by molar-refractivity contribution is 5.92. The van der Waals surface area contributed by atoms with Crippen molar-refractivity contribution in [3.8, 4) is 0 Å². The van der Waals surface area contributed by atoms with E-state index in [0.717, 1.165) is 18.4 Å². The maximum Gasteiger partial charge on any atom is 0.271 e. The normalized spacial score (nSPS) is 10.7. The van der Waals surface area contributed by atoms with Gasteiger partial charge in [0.25, 0.3) is 11.5 Å². The summed E-state index contributed by atoms with van der Waals surface area (Å²) >= 11 is 0. The fourth-order valence-corrected chi connectivity index (χ4v) is 2.30. The first-order valence-corrected chi connectivity index (χ1v) is 9.17. The number of carbonyl (C=O) groups excluding carboxylic acids is 2. The number of unbranched alkanes of at least 4 members (excludes halogenated alkanes) is 1. The van der Waals surface area contributed by atoms with Crippen LogP contribution in [0.25, 0.3) is 0 Å². The first-order valence-electron chi connectivity index (χ1n) is 9.17. The van der Waals surface area contributed by atoms with Gasteiger partial charge in [-0.15, -0.1) is 0 Å². The Kier molecular flexibility index (Phi) is 7.28. The zero-order valence-corrected chi connectivity index (χ0v) is 16.0. The number of nitrogens with zero attached hydrogens (tertiary/aromatic N) is 2. The van der Waals surface area contributed by atoms with Crippen LogP contribution < -0.4 is 16.2 Å². The van der Waals surface area contributed by atoms with E-state index in [2.05, 4.69) is 15.7 Å². The molecule has 0 atom stereocenters. The second-order valence-corrected chi connectivity index (χ2v) is 6.66. The molecule has 1 heterocycles. The van der Waals surface area contributed by atoms with Gasteiger partial charge in [-0.05, 0) is 30.2 Å². The van der Waals surface area contributed by atoms with Gasteiger partial charge in [-0.3, -0.25) is 14.4 Å². The van der Waals surface area contributed by atoms with Gasteiger partial charge in [-0.25, -0.2) is 4.68 Å². The molecule has 0 radical (unpaired) electrons. The van der Waals surface area contributed by atoms with Crippen LogP contribution in [-0.4, -0.2) is 21.6 Å². The van der Waals surface area contributed by atoms with Crippen molar-refractivity contribution < 1.29 is 9.59 Å². The molecular weight excluding hydrogens is 344 g/mol. The van der Waals surface area contributed by atoms with Crippen LogP contribution in [0.15, 0.2) is 41.2 Å². The summed E-state index contributed by atoms with van der Waals surface area (Å²) in [4.78, 5) is 35.8. The molecule has 0 fully saturated rings. The van der Waals surface area contributed by atoms with Crippen LogP contribution in [0.2, 0.25) is 0 Å². The van der Waals surface area contributed by atoms with E-state index < -0.39 is 0 Å². The largest absolute Gasteiger partial charge is 0.347 e. The van der Waals surface area contributed by atoms with E-state index >= 15 is 0 Å². The van der Waals surface area contributed by atoms with Crippen molar-refractivity contribution in [2.75, 3.05) is 5.32 Å². The summed E-state index contributed by atoms with van der Waals surface area (Å²) in [7, 11) is 0. The molecule has 7 nitrogen and oxygen atoms in total. The molecule has 0 saturated carbocycles. The predicted octanol–water partition coefficient (Wildman–Crippen LogP) is 2.57. The first-order chi connectivity index (χ1) is 12.9. The van der Waals surface area contributed by atoms with Crippen molar-refractivity contribution in [1.82, 2.24) is 15.1 Å². The summed E-state index contributed by atoms with van der Waals surface area (Å²) in [6, 6.07) is 10.1. The van der Waals surface area contributed by atoms with Crippen molar-refractivity contribution >= 4 is 17.5 Å². The lowest BCUT2D eigenvalue weighted by Crippen LogP contribution is -2.29. The maximum atomic E-state index is 12.3. The number of hydrogen-bond donors (Lipinski definition) is 2. The maximum absolute atomic E-state index is 12.3. The molecule has 27 heavy (non-hydrogen) atoms. The van der Waals surface area contributed by atoms with Gasteiger partial charge in [0.15, 0.2) is 0 Å². The molecular formula is C20H26N4O3. The predicted molar refractivity (Wildman–Crippen MR) is 104 cm³/mol. The fourth-order valence-electron chi connectivity index (χ4n) is 2.30. The molecule has 0 aliphatic heterocycles. The van der Waals surface area contributed by atoms with E-state index in [1.165, 1.54) is 16.8 Å². The fraction of sp³-hybridized carbons (Fsp3) is 0.400. The summed E-state index contributed by atoms with van der Waals surface area (Å²) in [5.74, 6) is -0.463. The smallest absolute Gasteiger partial charge is 0.271 e. The molecule has 0 saturated heterocycles. The van der Waals surface area contributed by atoms with E-state index in [4.69, 9.17) is 0 Å². The van der Waals surface area contributed by atoms with Crippen LogP contribution in [0.1, 0.15) is 49.7 Å². The lowest BCUT2D eigenvalue weighted by Gasteiger charge is -2.10. The number of benzene rings is 1. The molecule has 2 N–H and O–H groups in total. The van der Waals surface area contributed by atoms with Gasteiger partial charge < -0.3 is 10.6 Å². The number of rotatable bonds is 8. The third-order valence-electron chi connectivity index (χ3n) is 4.02. The van der Waals surface area contributed by atoms with Gasteiger partial charge in [0, 0.05) is 30.8 Å². The van der Waals surface area contributed by atoms with E-state index in [9.17, 15) is 14.4 Å². The second kappa shape index (κ2) is 9.66. The van der Waals surface area contributed by atoms with Crippen LogP contribution in [0.3, 0.4) is 0 Å². The Morgan fingerprint density at radius 2 is 1.81 bits per heavy atom. The summed E-state index contributed by atoms with van der Waals surface area (Å²) in [5, 5.41) is 9.74. The number of aromatic nitrogens is 2. The van der Waals surface area contributed by atoms with E-state index in [0.29, 0.717) is 18.8 Å². The Morgan fingerprint density at radius 3 is 2.44 bits per heavy atom. The van der Waals surface area contributed by atoms with Crippen molar-refractivity contribution in [1.29, 1.82) is 0 Å². The summed E-state index contributed by atoms with van der Waals surface area (Å²) in [6.07, 6.45) is 1.77. The van der Waals surface area contributed by atoms with Gasteiger partial charge in [0.05, 0.1) is 0 Å². The van der Waals surface area contributed by atoms with E-state index in [-0.39, 0.29) is 29.0 Å². The Hall–Kier alpha value is -2.96. The first kappa shape index (κ1) is 20.4. The molecule has 0 aliphatic carbocycles. The lowest BCUT2D eigenvalue weighted by atomic mass is 10.1. The number of anilines is 1. The monoisotopic (exact) mass is 370 g/mol. The van der Waals surface area contributed by atoms with Gasteiger partial charge in [0.2, 0.25) is 5.91 Å². The topological polar surface area (TPSA) is 93.1 Å². The molecule has 1 aromatic heterocycles. The van der Waals surface area contributed by atoms with Crippen molar-refractivity contribution in [2.24, 2.45) is 5.92 Å². The zero-order valence-electron chi connectivity index (χ0n) is 16.0. The van der Waals surface area contributed by atoms with Gasteiger partial charge in [-0.2, -0.15) is 5.10 Å². The summed E-state index contributed by atoms with van der Waals surface area (Å²) < 4.78 is 1.32. The van der Waals surface area contributed by atoms with Crippen LogP contribution in [0, 0.1) is 5.92 Å². The summed E-state index contributed by atoms with van der Waals surface area (Å²) in [6.45, 7) is 6.52. The number of aryl methyl sites for hydroxylation is 1. The second-order valence-electron chi connectivity index (χ2n) is 6.66. The average molecular weight is 370 g/mol. The average Bonchev–Trinajstić information content (AvgIpc) is 2.66. The molecule has 0 unspecified atom stereocenters. The molecule has 7 heteroatoms. The van der Waals surface area contributed by atoms with Gasteiger partial charge in [0.1, 0.15) is 5.69 Å². The number of carbonyl (C=O) groups is 2. The van der Waals surface area contributed by atoms with E-state index in [1.54, 1.807) is 12.1 Å². The van der Waals surface area contributed by atoms with Gasteiger partial charge >= 0.3 is 0 Å². The lowest BCUT2D eigenvalue weighted by molar-refractivity contribution is -0.118. The highest BCUT2D eigenvalue weighted by Crippen LogP contribution is 2.11. The van der Waals surface area contributed by atoms with Crippen LogP contribution >= 0.6 is 0 Å². The van der Waals surface area contributed by atoms with Crippen LogP contribution in [0.5, 0.6) is 0 Å². The standard InChI is InChI=1S/C20H26N4O3/c1-4-5-12-24-18(25)11-10-17(23-24)20(27)21-13-15-6-8-16(9-7-15)22-19(26)14(2)3/h6-11,14H,4-5,12-13H2,1-3H3,(H,21,27)(H,22,26). The summed E-state index contributed by atoms with van der Waals surface area (Å²) in [5.41, 5.74) is 1.61. The molecule has 2 rings (SSSR count). The molecule has 2 aromatic rings. The third-order valence-corrected chi connectivity index (χ3v) is 4.02. The SMILES string of the molecule is CCCCn1nc(C(=O)NCc2ccc(NC(=O)C(C)C)cc2)ccc1=O.